The number of likely N-dealkylation sites (tertiary alicyclic amines) is 1. The highest BCUT2D eigenvalue weighted by atomic mass is 32.1. The molecule has 1 saturated heterocycles. The molecule has 1 aromatic heterocycles. The molecule has 208 valence electrons. The number of aryl methyl sites for hydroxylation is 1. The molecule has 1 fully saturated rings. The molecule has 2 N–H and O–H groups in total. The summed E-state index contributed by atoms with van der Waals surface area (Å²) in [7, 11) is 0. The van der Waals surface area contributed by atoms with Gasteiger partial charge >= 0.3 is 6.09 Å². The largest absolute Gasteiger partial charge is 0.444 e. The maximum Gasteiger partial charge on any atom is 0.408 e. The summed E-state index contributed by atoms with van der Waals surface area (Å²) in [5, 5.41) is 7.67. The number of amides is 3. The third-order valence-electron chi connectivity index (χ3n) is 6.60. The fraction of sp³-hybridized carbons (Fsp3) is 0.586. The number of nitrogens with one attached hydrogen (secondary N) is 2. The van der Waals surface area contributed by atoms with Crippen LogP contribution in [0.25, 0.3) is 0 Å². The minimum atomic E-state index is -1.25. The number of carbonyl (C=O) groups is 3. The van der Waals surface area contributed by atoms with E-state index in [4.69, 9.17) is 4.74 Å². The van der Waals surface area contributed by atoms with Crippen molar-refractivity contribution in [2.24, 2.45) is 5.92 Å². The average Bonchev–Trinajstić information content (AvgIpc) is 3.35. The molecule has 3 rings (SSSR count). The molecular weight excluding hydrogens is 500 g/mol. The van der Waals surface area contributed by atoms with Crippen LogP contribution in [0.3, 0.4) is 0 Å². The fourth-order valence-electron chi connectivity index (χ4n) is 4.65. The normalized spacial score (nSPS) is 17.0. The van der Waals surface area contributed by atoms with Gasteiger partial charge < -0.3 is 20.3 Å². The summed E-state index contributed by atoms with van der Waals surface area (Å²) in [6, 6.07) is 9.44. The Morgan fingerprint density at radius 3 is 2.55 bits per heavy atom. The molecule has 8 nitrogen and oxygen atoms in total. The van der Waals surface area contributed by atoms with Crippen molar-refractivity contribution < 1.29 is 19.1 Å². The highest BCUT2D eigenvalue weighted by Crippen LogP contribution is 2.22. The highest BCUT2D eigenvalue weighted by molar-refractivity contribution is 7.07. The zero-order valence-electron chi connectivity index (χ0n) is 23.3. The number of ether oxygens (including phenoxy) is 1. The Labute approximate surface area is 230 Å². The average molecular weight is 543 g/mol. The van der Waals surface area contributed by atoms with Crippen molar-refractivity contribution in [1.29, 1.82) is 0 Å². The van der Waals surface area contributed by atoms with Gasteiger partial charge in [-0.15, -0.1) is 11.3 Å². The van der Waals surface area contributed by atoms with E-state index in [1.807, 2.05) is 28.6 Å². The Morgan fingerprint density at radius 2 is 1.89 bits per heavy atom. The zero-order chi connectivity index (χ0) is 27.8. The maximum absolute atomic E-state index is 13.7. The first-order chi connectivity index (χ1) is 17.9. The lowest BCUT2D eigenvalue weighted by atomic mass is 9.92. The van der Waals surface area contributed by atoms with Crippen LogP contribution >= 0.6 is 11.3 Å². The number of hydrogen-bond donors (Lipinski definition) is 2. The van der Waals surface area contributed by atoms with Crippen molar-refractivity contribution in [3.8, 4) is 0 Å². The lowest BCUT2D eigenvalue weighted by molar-refractivity contribution is -0.139. The van der Waals surface area contributed by atoms with E-state index < -0.39 is 29.2 Å². The van der Waals surface area contributed by atoms with E-state index in [0.717, 1.165) is 37.8 Å². The number of nitrogens with zero attached hydrogens (tertiary/aromatic N) is 2. The molecule has 1 aliphatic rings. The van der Waals surface area contributed by atoms with Crippen molar-refractivity contribution >= 4 is 29.2 Å². The van der Waals surface area contributed by atoms with Gasteiger partial charge in [-0.1, -0.05) is 30.3 Å². The quantitative estimate of drug-likeness (QED) is 0.452. The van der Waals surface area contributed by atoms with E-state index in [9.17, 15) is 14.4 Å². The Kier molecular flexibility index (Phi) is 10.3. The Balaban J connectivity index is 1.67. The molecule has 2 unspecified atom stereocenters. The van der Waals surface area contributed by atoms with Crippen molar-refractivity contribution in [3.63, 3.8) is 0 Å². The first-order valence-corrected chi connectivity index (χ1v) is 14.4. The minimum Gasteiger partial charge on any atom is -0.444 e. The second kappa shape index (κ2) is 13.2. The van der Waals surface area contributed by atoms with Gasteiger partial charge in [-0.05, 0) is 84.6 Å². The molecule has 0 radical (unpaired) electrons. The topological polar surface area (TPSA) is 101 Å². The molecule has 2 aromatic rings. The molecule has 0 spiro atoms. The van der Waals surface area contributed by atoms with E-state index in [1.165, 1.54) is 5.56 Å². The van der Waals surface area contributed by atoms with E-state index in [-0.39, 0.29) is 5.91 Å². The minimum absolute atomic E-state index is 0.0672. The number of thiazole rings is 1. The Hall–Kier alpha value is -2.94. The number of benzene rings is 1. The van der Waals surface area contributed by atoms with Crippen molar-refractivity contribution in [3.05, 3.63) is 52.5 Å². The number of aromatic nitrogens is 1. The number of rotatable bonds is 10. The predicted octanol–water partition coefficient (Wildman–Crippen LogP) is 4.74. The van der Waals surface area contributed by atoms with Gasteiger partial charge in [-0.3, -0.25) is 9.59 Å². The fourth-order valence-corrected chi connectivity index (χ4v) is 5.22. The van der Waals surface area contributed by atoms with Gasteiger partial charge in [0, 0.05) is 18.5 Å². The van der Waals surface area contributed by atoms with Gasteiger partial charge in [0.15, 0.2) is 0 Å². The van der Waals surface area contributed by atoms with Crippen LogP contribution in [0.1, 0.15) is 71.6 Å². The lowest BCUT2D eigenvalue weighted by Gasteiger charge is -2.36. The van der Waals surface area contributed by atoms with Gasteiger partial charge in [-0.25, -0.2) is 9.78 Å². The van der Waals surface area contributed by atoms with Gasteiger partial charge in [-0.2, -0.15) is 0 Å². The predicted molar refractivity (Wildman–Crippen MR) is 150 cm³/mol. The zero-order valence-corrected chi connectivity index (χ0v) is 24.1. The Bertz CT molecular complexity index is 1050. The molecule has 1 aliphatic heterocycles. The van der Waals surface area contributed by atoms with Gasteiger partial charge in [0.25, 0.3) is 0 Å². The Morgan fingerprint density at radius 1 is 1.16 bits per heavy atom. The second-order valence-corrected chi connectivity index (χ2v) is 12.4. The summed E-state index contributed by atoms with van der Waals surface area (Å²) in [6.45, 7) is 9.85. The van der Waals surface area contributed by atoms with E-state index in [2.05, 4.69) is 33.1 Å². The van der Waals surface area contributed by atoms with E-state index >= 15 is 0 Å². The summed E-state index contributed by atoms with van der Waals surface area (Å²) in [5.41, 5.74) is 2.16. The molecule has 2 atom stereocenters. The molecule has 38 heavy (non-hydrogen) atoms. The summed E-state index contributed by atoms with van der Waals surface area (Å²) < 4.78 is 5.33. The number of carbonyl (C=O) groups excluding carboxylic acids is 3. The summed E-state index contributed by atoms with van der Waals surface area (Å²) in [6.07, 6.45) is 4.23. The number of alkyl carbamates (subject to hydrolysis) is 1. The molecular formula is C29H42N4O4S. The number of hydrogen-bond acceptors (Lipinski definition) is 6. The van der Waals surface area contributed by atoms with E-state index in [1.54, 1.807) is 46.0 Å². The van der Waals surface area contributed by atoms with Crippen LogP contribution in [-0.4, -0.2) is 58.1 Å². The van der Waals surface area contributed by atoms with Gasteiger partial charge in [0.05, 0.1) is 11.2 Å². The van der Waals surface area contributed by atoms with Gasteiger partial charge in [0.1, 0.15) is 17.2 Å². The van der Waals surface area contributed by atoms with Gasteiger partial charge in [0.2, 0.25) is 11.8 Å². The summed E-state index contributed by atoms with van der Waals surface area (Å²) in [4.78, 5) is 45.7. The molecule has 0 saturated carbocycles. The molecule has 1 aromatic carbocycles. The standard InChI is InChI=1S/C29H42N4O4S/c1-28(2,3)37-27(36)32-29(4,5)26(35)31-24(15-9-13-21-11-7-6-8-12-21)25(34)33-16-10-14-22(18-33)17-23-19-38-20-30-23/h6-8,11-12,19-20,22,24H,9-10,13-18H2,1-5H3,(H,31,35)(H,32,36). The SMILES string of the molecule is CC(C)(C)OC(=O)NC(C)(C)C(=O)NC(CCCc1ccccc1)C(=O)N1CCCC(Cc2cscn2)C1. The van der Waals surface area contributed by atoms with Crippen LogP contribution in [0.15, 0.2) is 41.2 Å². The van der Waals surface area contributed by atoms with Crippen LogP contribution in [0.5, 0.6) is 0 Å². The first-order valence-electron chi connectivity index (χ1n) is 13.4. The van der Waals surface area contributed by atoms with Crippen molar-refractivity contribution in [1.82, 2.24) is 20.5 Å². The van der Waals surface area contributed by atoms with E-state index in [0.29, 0.717) is 25.4 Å². The van der Waals surface area contributed by atoms with Crippen LogP contribution in [0.2, 0.25) is 0 Å². The molecule has 3 amide bonds. The highest BCUT2D eigenvalue weighted by Gasteiger charge is 2.36. The van der Waals surface area contributed by atoms with Crippen LogP contribution < -0.4 is 10.6 Å². The maximum atomic E-state index is 13.7. The molecule has 0 aliphatic carbocycles. The van der Waals surface area contributed by atoms with Crippen molar-refractivity contribution in [2.45, 2.75) is 90.3 Å². The monoisotopic (exact) mass is 542 g/mol. The molecule has 9 heteroatoms. The first kappa shape index (κ1) is 29.6. The second-order valence-electron chi connectivity index (χ2n) is 11.6. The van der Waals surface area contributed by atoms with Crippen LogP contribution in [-0.2, 0) is 27.2 Å². The van der Waals surface area contributed by atoms with Crippen LogP contribution in [0, 0.1) is 5.92 Å². The summed E-state index contributed by atoms with van der Waals surface area (Å²) in [5.74, 6) is -0.138. The number of piperidine rings is 1. The molecule has 0 bridgehead atoms. The lowest BCUT2D eigenvalue weighted by Crippen LogP contribution is -2.60. The summed E-state index contributed by atoms with van der Waals surface area (Å²) >= 11 is 1.59. The van der Waals surface area contributed by atoms with Crippen molar-refractivity contribution in [2.75, 3.05) is 13.1 Å². The third kappa shape index (κ3) is 9.42. The third-order valence-corrected chi connectivity index (χ3v) is 7.23. The smallest absolute Gasteiger partial charge is 0.408 e. The van der Waals surface area contributed by atoms with Crippen LogP contribution in [0.4, 0.5) is 4.79 Å². The molecule has 2 heterocycles.